The van der Waals surface area contributed by atoms with Gasteiger partial charge in [-0.05, 0) is 62.9 Å². The molecule has 3 nitrogen and oxygen atoms in total. The summed E-state index contributed by atoms with van der Waals surface area (Å²) in [5, 5.41) is 8.14. The molecule has 1 saturated carbocycles. The lowest BCUT2D eigenvalue weighted by molar-refractivity contribution is 0.463. The van der Waals surface area contributed by atoms with Crippen LogP contribution < -0.4 is 5.32 Å². The normalized spacial score (nSPS) is 15.6. The molecule has 0 spiro atoms. The number of hydrogen-bond acceptors (Lipinski definition) is 2. The van der Waals surface area contributed by atoms with Gasteiger partial charge in [0.05, 0.1) is 24.0 Å². The van der Waals surface area contributed by atoms with Gasteiger partial charge >= 0.3 is 0 Å². The van der Waals surface area contributed by atoms with Gasteiger partial charge in [0.1, 0.15) is 0 Å². The fraction of sp³-hybridized carbons (Fsp3) is 0.400. The largest absolute Gasteiger partial charge is 0.377 e. The summed E-state index contributed by atoms with van der Waals surface area (Å²) in [6.07, 6.45) is 7.29. The maximum Gasteiger partial charge on any atom is 0.0815 e. The summed E-state index contributed by atoms with van der Waals surface area (Å²) in [5.41, 5.74) is 2.12. The highest BCUT2D eigenvalue weighted by atomic mass is 79.9. The van der Waals surface area contributed by atoms with Gasteiger partial charge in [-0.25, -0.2) is 0 Å². The molecule has 6 heteroatoms. The molecular formula is C15H16Br3N3. The molecule has 0 saturated heterocycles. The minimum atomic E-state index is 0.602. The molecule has 3 rings (SSSR count). The minimum Gasteiger partial charge on any atom is -0.377 e. The first-order valence-electron chi connectivity index (χ1n) is 7.06. The van der Waals surface area contributed by atoms with E-state index < -0.39 is 0 Å². The van der Waals surface area contributed by atoms with Gasteiger partial charge in [-0.2, -0.15) is 5.10 Å². The van der Waals surface area contributed by atoms with Crippen LogP contribution >= 0.6 is 47.8 Å². The van der Waals surface area contributed by atoms with Gasteiger partial charge in [-0.15, -0.1) is 0 Å². The maximum absolute atomic E-state index is 4.70. The molecule has 112 valence electrons. The number of aromatic nitrogens is 2. The number of anilines is 1. The molecule has 0 atom stereocenters. The quantitative estimate of drug-likeness (QED) is 0.594. The Balaban J connectivity index is 1.68. The fourth-order valence-corrected chi connectivity index (χ4v) is 5.27. The lowest BCUT2D eigenvalue weighted by Crippen LogP contribution is -2.07. The van der Waals surface area contributed by atoms with Gasteiger partial charge in [-0.3, -0.25) is 4.68 Å². The molecule has 1 aliphatic rings. The zero-order valence-corrected chi connectivity index (χ0v) is 16.2. The second kappa shape index (κ2) is 6.84. The van der Waals surface area contributed by atoms with E-state index in [1.54, 1.807) is 0 Å². The van der Waals surface area contributed by atoms with E-state index in [1.807, 2.05) is 12.1 Å². The van der Waals surface area contributed by atoms with Crippen LogP contribution in [0.3, 0.4) is 0 Å². The summed E-state index contributed by atoms with van der Waals surface area (Å²) < 4.78 is 5.23. The summed E-state index contributed by atoms with van der Waals surface area (Å²) in [5.74, 6) is 0. The lowest BCUT2D eigenvalue weighted by Gasteiger charge is -2.11. The average Bonchev–Trinajstić information content (AvgIpc) is 3.08. The number of rotatable bonds is 4. The van der Waals surface area contributed by atoms with Gasteiger partial charge in [0.2, 0.25) is 0 Å². The van der Waals surface area contributed by atoms with Crippen LogP contribution in [0.25, 0.3) is 0 Å². The zero-order valence-electron chi connectivity index (χ0n) is 11.5. The van der Waals surface area contributed by atoms with Crippen molar-refractivity contribution in [3.63, 3.8) is 0 Å². The Morgan fingerprint density at radius 1 is 1.14 bits per heavy atom. The lowest BCUT2D eigenvalue weighted by atomic mass is 10.3. The van der Waals surface area contributed by atoms with Gasteiger partial charge in [0, 0.05) is 19.6 Å². The number of hydrogen-bond donors (Lipinski definition) is 1. The predicted molar refractivity (Wildman–Crippen MR) is 96.6 cm³/mol. The second-order valence-corrected chi connectivity index (χ2v) is 7.95. The first kappa shape index (κ1) is 15.6. The highest BCUT2D eigenvalue weighted by Crippen LogP contribution is 2.34. The number of halogens is 3. The van der Waals surface area contributed by atoms with Crippen LogP contribution in [0.1, 0.15) is 37.4 Å². The Morgan fingerprint density at radius 3 is 2.48 bits per heavy atom. The van der Waals surface area contributed by atoms with E-state index in [4.69, 9.17) is 5.10 Å². The smallest absolute Gasteiger partial charge is 0.0815 e. The van der Waals surface area contributed by atoms with Crippen LogP contribution in [-0.4, -0.2) is 9.78 Å². The molecule has 0 unspecified atom stereocenters. The summed E-state index contributed by atoms with van der Waals surface area (Å²) in [7, 11) is 0. The van der Waals surface area contributed by atoms with Crippen molar-refractivity contribution in [3.8, 4) is 0 Å². The van der Waals surface area contributed by atoms with Crippen molar-refractivity contribution in [3.05, 3.63) is 43.5 Å². The molecule has 0 radical (unpaired) electrons. The van der Waals surface area contributed by atoms with Crippen LogP contribution in [0.5, 0.6) is 0 Å². The third-order valence-electron chi connectivity index (χ3n) is 3.82. The summed E-state index contributed by atoms with van der Waals surface area (Å²) in [6.45, 7) is 0.721. The molecule has 2 aromatic rings. The van der Waals surface area contributed by atoms with Crippen molar-refractivity contribution in [1.82, 2.24) is 9.78 Å². The molecule has 21 heavy (non-hydrogen) atoms. The predicted octanol–water partition coefficient (Wildman–Crippen LogP) is 5.90. The summed E-state index contributed by atoms with van der Waals surface area (Å²) in [4.78, 5) is 0. The fourth-order valence-electron chi connectivity index (χ4n) is 2.73. The molecular weight excluding hydrogens is 462 g/mol. The van der Waals surface area contributed by atoms with Gasteiger partial charge in [-0.1, -0.05) is 28.8 Å². The average molecular weight is 478 g/mol. The van der Waals surface area contributed by atoms with E-state index in [1.165, 1.54) is 25.7 Å². The Morgan fingerprint density at radius 2 is 1.81 bits per heavy atom. The van der Waals surface area contributed by atoms with Gasteiger partial charge in [0.15, 0.2) is 0 Å². The van der Waals surface area contributed by atoms with Crippen molar-refractivity contribution in [2.24, 2.45) is 0 Å². The number of nitrogens with one attached hydrogen (secondary N) is 1. The van der Waals surface area contributed by atoms with Crippen LogP contribution in [0.2, 0.25) is 0 Å². The van der Waals surface area contributed by atoms with Crippen molar-refractivity contribution in [2.75, 3.05) is 5.32 Å². The molecule has 0 amide bonds. The maximum atomic E-state index is 4.70. The zero-order chi connectivity index (χ0) is 14.8. The van der Waals surface area contributed by atoms with Crippen molar-refractivity contribution < 1.29 is 0 Å². The van der Waals surface area contributed by atoms with Crippen molar-refractivity contribution in [2.45, 2.75) is 38.3 Å². The van der Waals surface area contributed by atoms with E-state index in [2.05, 4.69) is 70.1 Å². The van der Waals surface area contributed by atoms with E-state index in [0.717, 1.165) is 31.3 Å². The molecule has 0 aliphatic heterocycles. The standard InChI is InChI=1S/C15H16Br3N3/c16-10-7-13(17)15(14(18)8-10)19-9-11-5-6-21(20-11)12-3-1-2-4-12/h5-8,12,19H,1-4,9H2. The molecule has 1 aliphatic carbocycles. The van der Waals surface area contributed by atoms with Crippen LogP contribution in [0, 0.1) is 0 Å². The monoisotopic (exact) mass is 475 g/mol. The minimum absolute atomic E-state index is 0.602. The first-order chi connectivity index (χ1) is 10.1. The van der Waals surface area contributed by atoms with Crippen LogP contribution in [0.15, 0.2) is 37.8 Å². The molecule has 1 aromatic carbocycles. The second-order valence-electron chi connectivity index (χ2n) is 5.32. The SMILES string of the molecule is Brc1cc(Br)c(NCc2ccn(C3CCCC3)n2)c(Br)c1. The Kier molecular flexibility index (Phi) is 5.07. The molecule has 1 N–H and O–H groups in total. The Labute approximate surface area is 149 Å². The highest BCUT2D eigenvalue weighted by Gasteiger charge is 2.17. The van der Waals surface area contributed by atoms with Crippen molar-refractivity contribution in [1.29, 1.82) is 0 Å². The third-order valence-corrected chi connectivity index (χ3v) is 5.52. The summed E-state index contributed by atoms with van der Waals surface area (Å²) >= 11 is 10.6. The number of nitrogens with zero attached hydrogens (tertiary/aromatic N) is 2. The topological polar surface area (TPSA) is 29.9 Å². The highest BCUT2D eigenvalue weighted by molar-refractivity contribution is 9.11. The Hall–Kier alpha value is -0.330. The van der Waals surface area contributed by atoms with E-state index >= 15 is 0 Å². The number of benzene rings is 1. The van der Waals surface area contributed by atoms with E-state index in [-0.39, 0.29) is 0 Å². The van der Waals surface area contributed by atoms with Crippen LogP contribution in [0.4, 0.5) is 5.69 Å². The molecule has 1 heterocycles. The molecule has 0 bridgehead atoms. The molecule has 1 aromatic heterocycles. The third kappa shape index (κ3) is 3.71. The van der Waals surface area contributed by atoms with E-state index in [0.29, 0.717) is 6.04 Å². The van der Waals surface area contributed by atoms with Crippen molar-refractivity contribution >= 4 is 53.5 Å². The van der Waals surface area contributed by atoms with Gasteiger partial charge < -0.3 is 5.32 Å². The Bertz CT molecular complexity index is 610. The summed E-state index contributed by atoms with van der Waals surface area (Å²) in [6, 6.07) is 6.77. The molecule has 1 fully saturated rings. The van der Waals surface area contributed by atoms with E-state index in [9.17, 15) is 0 Å². The first-order valence-corrected chi connectivity index (χ1v) is 9.44. The van der Waals surface area contributed by atoms with Crippen LogP contribution in [-0.2, 0) is 6.54 Å². The van der Waals surface area contributed by atoms with Gasteiger partial charge in [0.25, 0.3) is 0 Å².